The van der Waals surface area contributed by atoms with E-state index in [1.165, 1.54) is 0 Å². The van der Waals surface area contributed by atoms with Crippen LogP contribution in [-0.4, -0.2) is 25.0 Å². The molecule has 6 nitrogen and oxygen atoms in total. The molecule has 3 aromatic rings. The summed E-state index contributed by atoms with van der Waals surface area (Å²) >= 11 is 0. The first kappa shape index (κ1) is 18.3. The molecule has 0 heterocycles. The zero-order valence-corrected chi connectivity index (χ0v) is 14.7. The van der Waals surface area contributed by atoms with E-state index in [0.29, 0.717) is 17.2 Å². The van der Waals surface area contributed by atoms with Gasteiger partial charge in [0.05, 0.1) is 18.7 Å². The maximum absolute atomic E-state index is 12.2. The van der Waals surface area contributed by atoms with Crippen molar-refractivity contribution in [3.63, 3.8) is 0 Å². The van der Waals surface area contributed by atoms with Crippen LogP contribution in [-0.2, 0) is 9.59 Å². The van der Waals surface area contributed by atoms with E-state index in [4.69, 9.17) is 15.2 Å². The maximum atomic E-state index is 12.2. The van der Waals surface area contributed by atoms with E-state index < -0.39 is 5.91 Å². The highest BCUT2D eigenvalue weighted by Crippen LogP contribution is 2.24. The van der Waals surface area contributed by atoms with E-state index in [-0.39, 0.29) is 25.5 Å². The number of para-hydroxylation sites is 2. The molecule has 6 heteroatoms. The summed E-state index contributed by atoms with van der Waals surface area (Å²) in [6.45, 7) is 0.0176. The van der Waals surface area contributed by atoms with Gasteiger partial charge in [-0.3, -0.25) is 9.59 Å². The molecule has 138 valence electrons. The number of primary amides is 1. The van der Waals surface area contributed by atoms with E-state index in [1.807, 2.05) is 42.5 Å². The minimum Gasteiger partial charge on any atom is -0.491 e. The molecule has 0 aliphatic rings. The molecule has 0 fully saturated rings. The fraction of sp³-hybridized carbons (Fsp3) is 0.143. The zero-order valence-electron chi connectivity index (χ0n) is 14.7. The number of carbonyl (C=O) groups excluding carboxylic acids is 2. The van der Waals surface area contributed by atoms with Crippen LogP contribution in [0.15, 0.2) is 66.7 Å². The van der Waals surface area contributed by atoms with Crippen molar-refractivity contribution in [1.82, 2.24) is 0 Å². The van der Waals surface area contributed by atoms with Crippen LogP contribution in [0.1, 0.15) is 6.42 Å². The van der Waals surface area contributed by atoms with Gasteiger partial charge in [0.1, 0.15) is 11.5 Å². The summed E-state index contributed by atoms with van der Waals surface area (Å²) in [6, 6.07) is 20.6. The summed E-state index contributed by atoms with van der Waals surface area (Å²) in [5.74, 6) is 0.335. The van der Waals surface area contributed by atoms with Crippen LogP contribution in [0.3, 0.4) is 0 Å². The fourth-order valence-corrected chi connectivity index (χ4v) is 2.55. The summed E-state index contributed by atoms with van der Waals surface area (Å²) in [6.07, 6.45) is 0.105. The number of benzene rings is 3. The van der Waals surface area contributed by atoms with Crippen molar-refractivity contribution in [2.45, 2.75) is 6.42 Å². The summed E-state index contributed by atoms with van der Waals surface area (Å²) in [5, 5.41) is 4.90. The number of hydrogen-bond donors (Lipinski definition) is 2. The van der Waals surface area contributed by atoms with Gasteiger partial charge in [0.2, 0.25) is 5.91 Å². The molecule has 0 saturated heterocycles. The van der Waals surface area contributed by atoms with Gasteiger partial charge in [-0.05, 0) is 35.0 Å². The number of carbonyl (C=O) groups is 2. The van der Waals surface area contributed by atoms with Gasteiger partial charge in [-0.1, -0.05) is 42.5 Å². The second kappa shape index (κ2) is 8.71. The lowest BCUT2D eigenvalue weighted by atomic mass is 10.1. The van der Waals surface area contributed by atoms with Crippen LogP contribution in [0.5, 0.6) is 11.5 Å². The van der Waals surface area contributed by atoms with Crippen LogP contribution in [0.2, 0.25) is 0 Å². The number of amides is 2. The topological polar surface area (TPSA) is 90.7 Å². The Morgan fingerprint density at radius 2 is 1.63 bits per heavy atom. The normalized spacial score (nSPS) is 10.4. The Bertz CT molecular complexity index is 956. The molecule has 27 heavy (non-hydrogen) atoms. The van der Waals surface area contributed by atoms with Crippen molar-refractivity contribution in [1.29, 1.82) is 0 Å². The van der Waals surface area contributed by atoms with Gasteiger partial charge >= 0.3 is 0 Å². The predicted molar refractivity (Wildman–Crippen MR) is 104 cm³/mol. The third-order valence-corrected chi connectivity index (χ3v) is 3.86. The first-order valence-electron chi connectivity index (χ1n) is 8.53. The molecule has 3 aromatic carbocycles. The Morgan fingerprint density at radius 3 is 2.44 bits per heavy atom. The highest BCUT2D eigenvalue weighted by molar-refractivity contribution is 5.93. The molecule has 2 amide bonds. The number of rotatable bonds is 8. The maximum Gasteiger partial charge on any atom is 0.262 e. The molecule has 0 spiro atoms. The molecule has 0 aliphatic carbocycles. The number of ether oxygens (including phenoxy) is 2. The Morgan fingerprint density at radius 1 is 0.889 bits per heavy atom. The Labute approximate surface area is 156 Å². The van der Waals surface area contributed by atoms with Gasteiger partial charge in [0.15, 0.2) is 6.61 Å². The molecule has 0 saturated carbocycles. The van der Waals surface area contributed by atoms with Crippen molar-refractivity contribution in [2.75, 3.05) is 18.5 Å². The van der Waals surface area contributed by atoms with Crippen LogP contribution >= 0.6 is 0 Å². The molecule has 0 bridgehead atoms. The average molecular weight is 364 g/mol. The highest BCUT2D eigenvalue weighted by Gasteiger charge is 2.09. The minimum atomic E-state index is -0.444. The van der Waals surface area contributed by atoms with Crippen molar-refractivity contribution in [3.8, 4) is 11.5 Å². The van der Waals surface area contributed by atoms with Gasteiger partial charge < -0.3 is 20.5 Å². The van der Waals surface area contributed by atoms with Crippen LogP contribution in [0.4, 0.5) is 5.69 Å². The summed E-state index contributed by atoms with van der Waals surface area (Å²) in [4.78, 5) is 23.0. The van der Waals surface area contributed by atoms with Crippen LogP contribution < -0.4 is 20.5 Å². The SMILES string of the molecule is NC(=O)CCOc1ccccc1NC(=O)COc1ccc2ccccc2c1. The molecule has 0 aromatic heterocycles. The van der Waals surface area contributed by atoms with Gasteiger partial charge in [-0.25, -0.2) is 0 Å². The fourth-order valence-electron chi connectivity index (χ4n) is 2.55. The number of anilines is 1. The lowest BCUT2D eigenvalue weighted by Crippen LogP contribution is -2.21. The molecule has 0 radical (unpaired) electrons. The average Bonchev–Trinajstić information content (AvgIpc) is 2.67. The number of hydrogen-bond acceptors (Lipinski definition) is 4. The largest absolute Gasteiger partial charge is 0.491 e. The first-order chi connectivity index (χ1) is 13.1. The molecule has 0 aliphatic heterocycles. The molecule has 3 N–H and O–H groups in total. The zero-order chi connectivity index (χ0) is 19.1. The first-order valence-corrected chi connectivity index (χ1v) is 8.53. The summed E-state index contributed by atoms with van der Waals surface area (Å²) < 4.78 is 11.1. The summed E-state index contributed by atoms with van der Waals surface area (Å²) in [5.41, 5.74) is 5.61. The van der Waals surface area contributed by atoms with E-state index in [9.17, 15) is 9.59 Å². The van der Waals surface area contributed by atoms with Gasteiger partial charge in [0, 0.05) is 0 Å². The molecule has 0 unspecified atom stereocenters. The molecule has 0 atom stereocenters. The lowest BCUT2D eigenvalue weighted by Gasteiger charge is -2.12. The van der Waals surface area contributed by atoms with E-state index >= 15 is 0 Å². The highest BCUT2D eigenvalue weighted by atomic mass is 16.5. The standard InChI is InChI=1S/C21H20N2O4/c22-20(24)11-12-26-19-8-4-3-7-18(19)23-21(25)14-27-17-10-9-15-5-1-2-6-16(15)13-17/h1-10,13H,11-12,14H2,(H2,22,24)(H,23,25). The number of fused-ring (bicyclic) bond motifs is 1. The Balaban J connectivity index is 1.58. The molecule has 3 rings (SSSR count). The quantitative estimate of drug-likeness (QED) is 0.642. The molecular weight excluding hydrogens is 344 g/mol. The molecular formula is C21H20N2O4. The summed E-state index contributed by atoms with van der Waals surface area (Å²) in [7, 11) is 0. The van der Waals surface area contributed by atoms with Crippen molar-refractivity contribution in [2.24, 2.45) is 5.73 Å². The van der Waals surface area contributed by atoms with Crippen LogP contribution in [0.25, 0.3) is 10.8 Å². The van der Waals surface area contributed by atoms with Crippen molar-refractivity contribution >= 4 is 28.3 Å². The Hall–Kier alpha value is -3.54. The second-order valence-corrected chi connectivity index (χ2v) is 5.91. The monoisotopic (exact) mass is 364 g/mol. The predicted octanol–water partition coefficient (Wildman–Crippen LogP) is 3.11. The van der Waals surface area contributed by atoms with Crippen LogP contribution in [0, 0.1) is 0 Å². The number of nitrogens with one attached hydrogen (secondary N) is 1. The Kier molecular flexibility index (Phi) is 5.89. The smallest absolute Gasteiger partial charge is 0.262 e. The van der Waals surface area contributed by atoms with Gasteiger partial charge in [-0.2, -0.15) is 0 Å². The third kappa shape index (κ3) is 5.22. The van der Waals surface area contributed by atoms with E-state index in [2.05, 4.69) is 5.32 Å². The minimum absolute atomic E-state index is 0.105. The van der Waals surface area contributed by atoms with E-state index in [1.54, 1.807) is 24.3 Å². The third-order valence-electron chi connectivity index (χ3n) is 3.86. The van der Waals surface area contributed by atoms with Crippen molar-refractivity contribution in [3.05, 3.63) is 66.7 Å². The lowest BCUT2D eigenvalue weighted by molar-refractivity contribution is -0.119. The second-order valence-electron chi connectivity index (χ2n) is 5.91. The van der Waals surface area contributed by atoms with Gasteiger partial charge in [-0.15, -0.1) is 0 Å². The van der Waals surface area contributed by atoms with E-state index in [0.717, 1.165) is 10.8 Å². The van der Waals surface area contributed by atoms with Gasteiger partial charge in [0.25, 0.3) is 5.91 Å². The van der Waals surface area contributed by atoms with Crippen molar-refractivity contribution < 1.29 is 19.1 Å². The number of nitrogens with two attached hydrogens (primary N) is 1.